The number of halogens is 1. The van der Waals surface area contributed by atoms with Gasteiger partial charge in [-0.3, -0.25) is 14.6 Å². The summed E-state index contributed by atoms with van der Waals surface area (Å²) in [6, 6.07) is 16.5. The molecule has 7 nitrogen and oxygen atoms in total. The number of aromatic nitrogens is 3. The molecule has 3 aromatic heterocycles. The molecule has 8 heteroatoms. The molecule has 0 aliphatic heterocycles. The second kappa shape index (κ2) is 10.3. The van der Waals surface area contributed by atoms with Gasteiger partial charge in [0, 0.05) is 42.2 Å². The van der Waals surface area contributed by atoms with Crippen LogP contribution >= 0.6 is 0 Å². The van der Waals surface area contributed by atoms with Crippen molar-refractivity contribution in [2.75, 3.05) is 7.11 Å². The number of pyridine rings is 3. The van der Waals surface area contributed by atoms with E-state index in [1.54, 1.807) is 81.9 Å². The van der Waals surface area contributed by atoms with Crippen LogP contribution in [0.2, 0.25) is 0 Å². The maximum atomic E-state index is 13.6. The molecule has 0 atom stereocenters. The Bertz CT molecular complexity index is 1730. The van der Waals surface area contributed by atoms with Crippen molar-refractivity contribution in [2.24, 2.45) is 0 Å². The molecule has 0 aliphatic carbocycles. The van der Waals surface area contributed by atoms with E-state index in [1.807, 2.05) is 0 Å². The summed E-state index contributed by atoms with van der Waals surface area (Å²) < 4.78 is 24.8. The second-order valence-electron chi connectivity index (χ2n) is 8.87. The quantitative estimate of drug-likeness (QED) is 0.272. The van der Waals surface area contributed by atoms with Crippen molar-refractivity contribution in [3.63, 3.8) is 0 Å². The van der Waals surface area contributed by atoms with Crippen molar-refractivity contribution in [1.29, 1.82) is 0 Å². The molecule has 0 saturated heterocycles. The highest BCUT2D eigenvalue weighted by Gasteiger charge is 2.19. The number of benzene rings is 2. The van der Waals surface area contributed by atoms with Crippen LogP contribution in [0.3, 0.4) is 0 Å². The van der Waals surface area contributed by atoms with E-state index >= 15 is 0 Å². The molecule has 190 valence electrons. The van der Waals surface area contributed by atoms with Crippen LogP contribution in [-0.4, -0.2) is 27.8 Å². The van der Waals surface area contributed by atoms with Crippen molar-refractivity contribution in [3.05, 3.63) is 111 Å². The van der Waals surface area contributed by atoms with E-state index in [0.717, 1.165) is 5.56 Å². The minimum Gasteiger partial charge on any atom is -0.481 e. The van der Waals surface area contributed by atoms with Gasteiger partial charge in [-0.1, -0.05) is 18.2 Å². The fourth-order valence-electron chi connectivity index (χ4n) is 4.34. The van der Waals surface area contributed by atoms with Crippen LogP contribution in [0.1, 0.15) is 27.2 Å². The first-order valence-corrected chi connectivity index (χ1v) is 11.9. The van der Waals surface area contributed by atoms with Gasteiger partial charge >= 0.3 is 0 Å². The number of hydrogen-bond donors (Lipinski definition) is 1. The molecule has 0 amide bonds. The lowest BCUT2D eigenvalue weighted by atomic mass is 9.96. The van der Waals surface area contributed by atoms with Gasteiger partial charge in [-0.15, -0.1) is 0 Å². The number of methoxy groups -OCH3 is 1. The maximum absolute atomic E-state index is 13.6. The van der Waals surface area contributed by atoms with Crippen molar-refractivity contribution in [3.8, 4) is 28.5 Å². The van der Waals surface area contributed by atoms with Gasteiger partial charge in [0.2, 0.25) is 5.88 Å². The van der Waals surface area contributed by atoms with E-state index in [-0.39, 0.29) is 29.0 Å². The maximum Gasteiger partial charge on any atom is 0.213 e. The summed E-state index contributed by atoms with van der Waals surface area (Å²) in [5, 5.41) is 0. The van der Waals surface area contributed by atoms with Crippen LogP contribution in [0.5, 0.6) is 17.4 Å². The highest BCUT2D eigenvalue weighted by molar-refractivity contribution is 5.99. The predicted octanol–water partition coefficient (Wildman–Crippen LogP) is 5.97. The zero-order valence-electron chi connectivity index (χ0n) is 21.0. The number of nitrogens with zero attached hydrogens (tertiary/aromatic N) is 2. The van der Waals surface area contributed by atoms with Crippen LogP contribution < -0.4 is 14.9 Å². The van der Waals surface area contributed by atoms with E-state index in [0.29, 0.717) is 50.8 Å². The number of ketones is 1. The predicted molar refractivity (Wildman–Crippen MR) is 143 cm³/mol. The first-order chi connectivity index (χ1) is 18.3. The average molecular weight is 510 g/mol. The Morgan fingerprint density at radius 1 is 1.00 bits per heavy atom. The minimum atomic E-state index is -0.383. The van der Waals surface area contributed by atoms with Gasteiger partial charge < -0.3 is 14.5 Å². The molecule has 2 aromatic carbocycles. The number of hydrogen-bond acceptors (Lipinski definition) is 6. The lowest BCUT2D eigenvalue weighted by Gasteiger charge is -2.11. The Labute approximate surface area is 217 Å². The van der Waals surface area contributed by atoms with Crippen molar-refractivity contribution in [2.45, 2.75) is 20.3 Å². The molecule has 0 unspecified atom stereocenters. The van der Waals surface area contributed by atoms with Crippen LogP contribution in [0, 0.1) is 19.7 Å². The number of H-pyrrole nitrogens is 1. The molecule has 0 fully saturated rings. The Hall–Kier alpha value is -4.85. The third-order valence-electron chi connectivity index (χ3n) is 6.28. The lowest BCUT2D eigenvalue weighted by molar-refractivity contribution is 0.0991. The first kappa shape index (κ1) is 24.8. The van der Waals surface area contributed by atoms with Gasteiger partial charge in [-0.25, -0.2) is 9.37 Å². The zero-order valence-corrected chi connectivity index (χ0v) is 21.0. The number of rotatable bonds is 7. The van der Waals surface area contributed by atoms with E-state index in [2.05, 4.69) is 15.0 Å². The van der Waals surface area contributed by atoms with Gasteiger partial charge in [-0.2, -0.15) is 0 Å². The summed E-state index contributed by atoms with van der Waals surface area (Å²) in [5.74, 6) is 0.837. The van der Waals surface area contributed by atoms with Crippen LogP contribution in [0.4, 0.5) is 4.39 Å². The largest absolute Gasteiger partial charge is 0.481 e. The highest BCUT2D eigenvalue weighted by Crippen LogP contribution is 2.29. The Morgan fingerprint density at radius 3 is 2.53 bits per heavy atom. The summed E-state index contributed by atoms with van der Waals surface area (Å²) in [7, 11) is 1.54. The molecular formula is C30H24FN3O4. The number of fused-ring (bicyclic) bond motifs is 1. The smallest absolute Gasteiger partial charge is 0.213 e. The third kappa shape index (κ3) is 4.88. The summed E-state index contributed by atoms with van der Waals surface area (Å²) in [4.78, 5) is 38.3. The monoisotopic (exact) mass is 509 g/mol. The number of carbonyl (C=O) groups is 1. The number of carbonyl (C=O) groups excluding carboxylic acids is 1. The SMILES string of the molecule is COc1ccc2nccc(Oc3ccc(CC(=O)c4c(C)[nH]cc(-c5ccc(F)cc5C)c4=O)cc3)c2n1. The molecule has 3 heterocycles. The van der Waals surface area contributed by atoms with E-state index in [1.165, 1.54) is 12.1 Å². The van der Waals surface area contributed by atoms with Crippen LogP contribution in [-0.2, 0) is 6.42 Å². The summed E-state index contributed by atoms with van der Waals surface area (Å²) in [6.45, 7) is 3.42. The van der Waals surface area contributed by atoms with Crippen LogP contribution in [0.25, 0.3) is 22.2 Å². The van der Waals surface area contributed by atoms with Crippen LogP contribution in [0.15, 0.2) is 77.9 Å². The molecule has 0 radical (unpaired) electrons. The van der Waals surface area contributed by atoms with Gasteiger partial charge in [0.25, 0.3) is 0 Å². The Kier molecular flexibility index (Phi) is 6.70. The third-order valence-corrected chi connectivity index (χ3v) is 6.28. The van der Waals surface area contributed by atoms with E-state index in [9.17, 15) is 14.0 Å². The second-order valence-corrected chi connectivity index (χ2v) is 8.87. The highest BCUT2D eigenvalue weighted by atomic mass is 19.1. The number of aryl methyl sites for hydroxylation is 2. The fourth-order valence-corrected chi connectivity index (χ4v) is 4.34. The first-order valence-electron chi connectivity index (χ1n) is 11.9. The summed E-state index contributed by atoms with van der Waals surface area (Å²) in [6.07, 6.45) is 3.24. The van der Waals surface area contributed by atoms with Crippen molar-refractivity contribution in [1.82, 2.24) is 15.0 Å². The molecule has 0 bridgehead atoms. The van der Waals surface area contributed by atoms with Crippen molar-refractivity contribution < 1.29 is 18.7 Å². The number of nitrogens with one attached hydrogen (secondary N) is 1. The van der Waals surface area contributed by atoms with Gasteiger partial charge in [0.15, 0.2) is 17.0 Å². The minimum absolute atomic E-state index is 0.0347. The molecule has 0 aliphatic rings. The normalized spacial score (nSPS) is 10.9. The Balaban J connectivity index is 1.38. The molecule has 5 aromatic rings. The average Bonchev–Trinajstić information content (AvgIpc) is 2.90. The summed E-state index contributed by atoms with van der Waals surface area (Å²) in [5.41, 5.74) is 3.68. The van der Waals surface area contributed by atoms with Gasteiger partial charge in [0.05, 0.1) is 18.2 Å². The van der Waals surface area contributed by atoms with Crippen molar-refractivity contribution >= 4 is 16.8 Å². The topological polar surface area (TPSA) is 94.2 Å². The number of ether oxygens (including phenoxy) is 2. The number of aromatic amines is 1. The van der Waals surface area contributed by atoms with Gasteiger partial charge in [0.1, 0.15) is 17.1 Å². The molecular weight excluding hydrogens is 485 g/mol. The van der Waals surface area contributed by atoms with Gasteiger partial charge in [-0.05, 0) is 60.9 Å². The molecule has 38 heavy (non-hydrogen) atoms. The molecule has 0 spiro atoms. The molecule has 5 rings (SSSR count). The summed E-state index contributed by atoms with van der Waals surface area (Å²) >= 11 is 0. The lowest BCUT2D eigenvalue weighted by Crippen LogP contribution is -2.21. The number of Topliss-reactive ketones (excluding diaryl/α,β-unsaturated/α-hetero) is 1. The fraction of sp³-hybridized carbons (Fsp3) is 0.133. The molecule has 0 saturated carbocycles. The standard InChI is InChI=1S/C30H24FN3O4/c1-17-14-20(31)6-9-22(17)23-16-33-18(2)28(30(23)36)25(35)15-19-4-7-21(8-5-19)38-26-12-13-32-24-10-11-27(37-3)34-29(24)26/h4-14,16H,15H2,1-3H3,(H,33,36). The van der Waals surface area contributed by atoms with E-state index in [4.69, 9.17) is 9.47 Å². The Morgan fingerprint density at radius 2 is 1.79 bits per heavy atom. The zero-order chi connectivity index (χ0) is 26.8. The van der Waals surface area contributed by atoms with E-state index < -0.39 is 0 Å². The molecule has 1 N–H and O–H groups in total.